The molecule has 0 aliphatic heterocycles. The Hall–Kier alpha value is -1.56. The molecule has 3 heterocycles. The van der Waals surface area contributed by atoms with Crippen molar-refractivity contribution in [1.29, 1.82) is 0 Å². The summed E-state index contributed by atoms with van der Waals surface area (Å²) >= 11 is 5.07. The van der Waals surface area contributed by atoms with E-state index in [0.717, 1.165) is 11.0 Å². The van der Waals surface area contributed by atoms with Gasteiger partial charge in [0.15, 0.2) is 0 Å². The summed E-state index contributed by atoms with van der Waals surface area (Å²) in [5.74, 6) is 0. The summed E-state index contributed by atoms with van der Waals surface area (Å²) < 4.78 is 9.51. The molecule has 3 aromatic heterocycles. The maximum absolute atomic E-state index is 4.75. The van der Waals surface area contributed by atoms with E-state index < -0.39 is 0 Å². The number of nitrogens with zero attached hydrogens (tertiary/aromatic N) is 2. The van der Waals surface area contributed by atoms with E-state index in [1.54, 1.807) is 0 Å². The Morgan fingerprint density at radius 2 is 0.897 bits per heavy atom. The van der Waals surface area contributed by atoms with Gasteiger partial charge in [0.05, 0.1) is 11.7 Å². The van der Waals surface area contributed by atoms with Crippen LogP contribution in [-0.4, -0.2) is 8.75 Å². The fraction of sp³-hybridized carbons (Fsp3) is 0.588. The van der Waals surface area contributed by atoms with E-state index in [4.69, 9.17) is 8.75 Å². The lowest BCUT2D eigenvalue weighted by atomic mass is 10.0. The minimum absolute atomic E-state index is 1.07. The van der Waals surface area contributed by atoms with Crippen molar-refractivity contribution in [1.82, 2.24) is 8.75 Å². The first kappa shape index (κ1) is 30.4. The lowest BCUT2D eigenvalue weighted by Crippen LogP contribution is -1.85. The molecule has 0 saturated heterocycles. The van der Waals surface area contributed by atoms with Gasteiger partial charge in [-0.3, -0.25) is 0 Å². The van der Waals surface area contributed by atoms with Gasteiger partial charge in [0.1, 0.15) is 11.0 Å². The molecule has 0 unspecified atom stereocenters. The van der Waals surface area contributed by atoms with Gasteiger partial charge in [-0.05, 0) is 59.7 Å². The van der Waals surface area contributed by atoms with Crippen LogP contribution in [0, 0.1) is 0 Å². The maximum atomic E-state index is 4.75. The second-order valence-electron chi connectivity index (χ2n) is 11.2. The molecule has 0 radical (unpaired) electrons. The summed E-state index contributed by atoms with van der Waals surface area (Å²) in [5, 5.41) is 4.71. The van der Waals surface area contributed by atoms with Crippen LogP contribution in [-0.2, 0) is 12.8 Å². The van der Waals surface area contributed by atoms with E-state index in [1.165, 1.54) is 159 Å². The first-order chi connectivity index (χ1) is 19.3. The Labute approximate surface area is 249 Å². The van der Waals surface area contributed by atoms with Gasteiger partial charge in [0.25, 0.3) is 0 Å². The largest absolute Gasteiger partial charge is 0.172 e. The van der Waals surface area contributed by atoms with E-state index in [0.29, 0.717) is 0 Å². The highest BCUT2D eigenvalue weighted by Gasteiger charge is 2.16. The molecule has 4 aromatic rings. The molecule has 1 aromatic carbocycles. The number of rotatable bonds is 20. The van der Waals surface area contributed by atoms with Crippen LogP contribution in [0.15, 0.2) is 35.0 Å². The summed E-state index contributed by atoms with van der Waals surface area (Å²) in [6.07, 6.45) is 24.4. The zero-order chi connectivity index (χ0) is 27.1. The molecular weight excluding hydrogens is 533 g/mol. The van der Waals surface area contributed by atoms with Crippen molar-refractivity contribution < 1.29 is 0 Å². The molecule has 0 N–H and O–H groups in total. The number of benzene rings is 1. The number of unbranched alkanes of at least 4 members (excludes halogenated alkanes) is 14. The number of hydrogen-bond acceptors (Lipinski definition) is 5. The van der Waals surface area contributed by atoms with E-state index in [9.17, 15) is 0 Å². The van der Waals surface area contributed by atoms with Gasteiger partial charge in [-0.1, -0.05) is 116 Å². The topological polar surface area (TPSA) is 25.8 Å². The normalized spacial score (nSPS) is 11.6. The SMILES string of the molecule is CCCCCCCCCCc1csc(-c2ccc(-c3cc(CCCCCCCCCC)cs3)c3nsnc23)c1. The van der Waals surface area contributed by atoms with Crippen LogP contribution in [0.2, 0.25) is 0 Å². The second-order valence-corrected chi connectivity index (χ2v) is 13.6. The van der Waals surface area contributed by atoms with E-state index in [-0.39, 0.29) is 0 Å². The Balaban J connectivity index is 1.29. The number of hydrogen-bond donors (Lipinski definition) is 0. The summed E-state index contributed by atoms with van der Waals surface area (Å²) in [6.45, 7) is 4.58. The van der Waals surface area contributed by atoms with E-state index in [2.05, 4.69) is 48.9 Å². The lowest BCUT2D eigenvalue weighted by Gasteiger charge is -2.04. The summed E-state index contributed by atoms with van der Waals surface area (Å²) in [4.78, 5) is 2.66. The number of aromatic nitrogens is 2. The molecule has 0 atom stereocenters. The third-order valence-corrected chi connectivity index (χ3v) is 10.4. The summed E-state index contributed by atoms with van der Waals surface area (Å²) in [7, 11) is 0. The van der Waals surface area contributed by atoms with Gasteiger partial charge in [0.2, 0.25) is 0 Å². The monoisotopic (exact) mass is 580 g/mol. The Morgan fingerprint density at radius 1 is 0.513 bits per heavy atom. The van der Waals surface area contributed by atoms with E-state index >= 15 is 0 Å². The molecule has 0 fully saturated rings. The quantitative estimate of drug-likeness (QED) is 0.0971. The van der Waals surface area contributed by atoms with Gasteiger partial charge >= 0.3 is 0 Å². The van der Waals surface area contributed by atoms with Crippen molar-refractivity contribution in [3.05, 3.63) is 46.2 Å². The van der Waals surface area contributed by atoms with Gasteiger partial charge in [-0.2, -0.15) is 8.75 Å². The Morgan fingerprint density at radius 3 is 1.31 bits per heavy atom. The zero-order valence-electron chi connectivity index (χ0n) is 24.3. The molecule has 0 bridgehead atoms. The third kappa shape index (κ3) is 9.50. The Bertz CT molecular complexity index is 1130. The second kappa shape index (κ2) is 17.3. The third-order valence-electron chi connectivity index (χ3n) is 7.89. The van der Waals surface area contributed by atoms with Crippen molar-refractivity contribution in [3.63, 3.8) is 0 Å². The van der Waals surface area contributed by atoms with Crippen LogP contribution < -0.4 is 0 Å². The summed E-state index contributed by atoms with van der Waals surface area (Å²) in [5.41, 5.74) is 7.57. The molecule has 4 rings (SSSR count). The van der Waals surface area contributed by atoms with Crippen LogP contribution in [0.5, 0.6) is 0 Å². The first-order valence-corrected chi connectivity index (χ1v) is 18.2. The first-order valence-electron chi connectivity index (χ1n) is 15.7. The number of fused-ring (bicyclic) bond motifs is 1. The number of thiophene rings is 2. The van der Waals surface area contributed by atoms with Crippen LogP contribution in [0.4, 0.5) is 0 Å². The standard InChI is InChI=1S/C34H48N2S3/c1-3-5-7-9-11-13-15-17-19-27-23-31(37-25-27)29-21-22-30(34-33(29)35-39-36-34)32-24-28(26-38-32)20-18-16-14-12-10-8-6-4-2/h21-26H,3-20H2,1-2H3. The highest BCUT2D eigenvalue weighted by atomic mass is 32.1. The average Bonchev–Trinajstić information content (AvgIpc) is 3.73. The smallest absolute Gasteiger partial charge is 0.114 e. The maximum Gasteiger partial charge on any atom is 0.114 e. The molecule has 0 aliphatic rings. The lowest BCUT2D eigenvalue weighted by molar-refractivity contribution is 0.576. The van der Waals surface area contributed by atoms with Crippen molar-refractivity contribution in [2.75, 3.05) is 0 Å². The molecule has 0 amide bonds. The predicted molar refractivity (Wildman–Crippen MR) is 177 cm³/mol. The van der Waals surface area contributed by atoms with E-state index in [1.807, 2.05) is 22.7 Å². The van der Waals surface area contributed by atoms with Crippen molar-refractivity contribution >= 4 is 45.4 Å². The highest BCUT2D eigenvalue weighted by molar-refractivity contribution is 7.14. The molecule has 0 saturated carbocycles. The fourth-order valence-corrected chi connectivity index (χ4v) is 8.01. The van der Waals surface area contributed by atoms with Crippen molar-refractivity contribution in [2.45, 2.75) is 129 Å². The molecule has 39 heavy (non-hydrogen) atoms. The fourth-order valence-electron chi connectivity index (χ4n) is 5.49. The van der Waals surface area contributed by atoms with Crippen LogP contribution >= 0.6 is 34.4 Å². The number of aryl methyl sites for hydroxylation is 2. The van der Waals surface area contributed by atoms with Gasteiger partial charge in [-0.15, -0.1) is 22.7 Å². The van der Waals surface area contributed by atoms with Gasteiger partial charge in [-0.25, -0.2) is 0 Å². The van der Waals surface area contributed by atoms with Crippen LogP contribution in [0.1, 0.15) is 128 Å². The van der Waals surface area contributed by atoms with Crippen molar-refractivity contribution in [2.24, 2.45) is 0 Å². The highest BCUT2D eigenvalue weighted by Crippen LogP contribution is 2.39. The molecule has 0 spiro atoms. The zero-order valence-corrected chi connectivity index (χ0v) is 26.8. The predicted octanol–water partition coefficient (Wildman–Crippen LogP) is 12.5. The minimum Gasteiger partial charge on any atom is -0.172 e. The minimum atomic E-state index is 1.07. The van der Waals surface area contributed by atoms with Gasteiger partial charge < -0.3 is 0 Å². The van der Waals surface area contributed by atoms with Crippen LogP contribution in [0.25, 0.3) is 31.9 Å². The molecular formula is C34H48N2S3. The molecule has 5 heteroatoms. The molecule has 0 aliphatic carbocycles. The molecule has 2 nitrogen and oxygen atoms in total. The van der Waals surface area contributed by atoms with Crippen molar-refractivity contribution in [3.8, 4) is 20.9 Å². The van der Waals surface area contributed by atoms with Gasteiger partial charge in [0, 0.05) is 20.9 Å². The Kier molecular flexibility index (Phi) is 13.5. The average molecular weight is 581 g/mol. The molecule has 212 valence electrons. The van der Waals surface area contributed by atoms with Crippen LogP contribution in [0.3, 0.4) is 0 Å². The summed E-state index contributed by atoms with van der Waals surface area (Å²) in [6, 6.07) is 9.35.